The van der Waals surface area contributed by atoms with Crippen LogP contribution in [-0.4, -0.2) is 29.3 Å². The topological polar surface area (TPSA) is 76.7 Å². The molecular formula is C22H21IN2O4S2. The van der Waals surface area contributed by atoms with Crippen LogP contribution in [0.25, 0.3) is 6.08 Å². The zero-order chi connectivity index (χ0) is 22.5. The number of halogens is 1. The molecule has 0 unspecified atom stereocenters. The number of thiocarbonyl (C=S) groups is 1. The lowest BCUT2D eigenvalue weighted by atomic mass is 10.1. The second-order valence-corrected chi connectivity index (χ2v) is 9.58. The molecule has 0 atom stereocenters. The first-order valence-corrected chi connectivity index (χ1v) is 11.8. The van der Waals surface area contributed by atoms with Crippen molar-refractivity contribution in [2.45, 2.75) is 20.8 Å². The normalized spacial score (nSPS) is 14.5. The quantitative estimate of drug-likeness (QED) is 0.284. The Balaban J connectivity index is 1.76. The molecule has 9 heteroatoms. The summed E-state index contributed by atoms with van der Waals surface area (Å²) < 4.78 is 12.8. The third kappa shape index (κ3) is 5.98. The van der Waals surface area contributed by atoms with E-state index in [1.165, 1.54) is 11.8 Å². The number of aryl methyl sites for hydroxylation is 1. The molecule has 0 saturated carbocycles. The molecule has 0 radical (unpaired) electrons. The fourth-order valence-electron chi connectivity index (χ4n) is 2.86. The molecule has 1 aliphatic heterocycles. The summed E-state index contributed by atoms with van der Waals surface area (Å²) in [6, 6.07) is 9.41. The monoisotopic (exact) mass is 568 g/mol. The average Bonchev–Trinajstić information content (AvgIpc) is 3.02. The number of carbonyl (C=O) groups excluding carboxylic acids is 2. The zero-order valence-corrected chi connectivity index (χ0v) is 21.0. The SMILES string of the molecule is CCOc1cc(/C=C2\SC(=S)NC2=O)cc(I)c1OCC(=O)Nc1cccc(C)c1C. The Hall–Kier alpha value is -2.11. The summed E-state index contributed by atoms with van der Waals surface area (Å²) in [6.07, 6.45) is 1.75. The van der Waals surface area contributed by atoms with Crippen LogP contribution in [-0.2, 0) is 9.59 Å². The number of hydrogen-bond acceptors (Lipinski definition) is 6. The van der Waals surface area contributed by atoms with E-state index in [2.05, 4.69) is 33.2 Å². The Morgan fingerprint density at radius 2 is 2.06 bits per heavy atom. The van der Waals surface area contributed by atoms with Crippen LogP contribution in [0.5, 0.6) is 11.5 Å². The van der Waals surface area contributed by atoms with Crippen molar-refractivity contribution < 1.29 is 19.1 Å². The first-order valence-electron chi connectivity index (χ1n) is 9.48. The summed E-state index contributed by atoms with van der Waals surface area (Å²) in [4.78, 5) is 24.9. The van der Waals surface area contributed by atoms with E-state index in [0.29, 0.717) is 27.3 Å². The summed E-state index contributed by atoms with van der Waals surface area (Å²) in [5.41, 5.74) is 3.67. The Bertz CT molecular complexity index is 1090. The Morgan fingerprint density at radius 1 is 1.29 bits per heavy atom. The third-order valence-electron chi connectivity index (χ3n) is 4.50. The van der Waals surface area contributed by atoms with Gasteiger partial charge in [-0.3, -0.25) is 9.59 Å². The highest BCUT2D eigenvalue weighted by atomic mass is 127. The Morgan fingerprint density at radius 3 is 2.74 bits per heavy atom. The van der Waals surface area contributed by atoms with E-state index in [-0.39, 0.29) is 18.4 Å². The van der Waals surface area contributed by atoms with Gasteiger partial charge < -0.3 is 20.1 Å². The predicted molar refractivity (Wildman–Crippen MR) is 137 cm³/mol. The molecule has 1 saturated heterocycles. The molecule has 0 aliphatic carbocycles. The molecule has 3 rings (SSSR count). The minimum Gasteiger partial charge on any atom is -0.490 e. The molecule has 31 heavy (non-hydrogen) atoms. The number of amides is 2. The molecule has 1 aliphatic rings. The van der Waals surface area contributed by atoms with E-state index in [0.717, 1.165) is 25.9 Å². The highest BCUT2D eigenvalue weighted by Crippen LogP contribution is 2.36. The van der Waals surface area contributed by atoms with E-state index in [9.17, 15) is 9.59 Å². The number of ether oxygens (including phenoxy) is 2. The highest BCUT2D eigenvalue weighted by Gasteiger charge is 2.22. The molecule has 2 aromatic carbocycles. The van der Waals surface area contributed by atoms with E-state index < -0.39 is 0 Å². The van der Waals surface area contributed by atoms with Crippen molar-refractivity contribution in [1.82, 2.24) is 5.32 Å². The minimum absolute atomic E-state index is 0.156. The van der Waals surface area contributed by atoms with Gasteiger partial charge in [-0.15, -0.1) is 0 Å². The van der Waals surface area contributed by atoms with Gasteiger partial charge in [0.25, 0.3) is 11.8 Å². The van der Waals surface area contributed by atoms with Gasteiger partial charge in [0.1, 0.15) is 4.32 Å². The van der Waals surface area contributed by atoms with Crippen molar-refractivity contribution in [2.75, 3.05) is 18.5 Å². The molecule has 2 amide bonds. The van der Waals surface area contributed by atoms with Gasteiger partial charge in [0.2, 0.25) is 0 Å². The molecule has 0 spiro atoms. The Labute approximate surface area is 204 Å². The maximum absolute atomic E-state index is 12.4. The van der Waals surface area contributed by atoms with Crippen LogP contribution in [0.3, 0.4) is 0 Å². The maximum atomic E-state index is 12.4. The van der Waals surface area contributed by atoms with Gasteiger partial charge in [0.15, 0.2) is 18.1 Å². The number of rotatable bonds is 7. The summed E-state index contributed by atoms with van der Waals surface area (Å²) in [5.74, 6) is 0.517. The van der Waals surface area contributed by atoms with Crippen molar-refractivity contribution in [2.24, 2.45) is 0 Å². The average molecular weight is 568 g/mol. The van der Waals surface area contributed by atoms with Crippen LogP contribution in [0.1, 0.15) is 23.6 Å². The van der Waals surface area contributed by atoms with Crippen LogP contribution in [0, 0.1) is 17.4 Å². The Kier molecular flexibility index (Phi) is 7.95. The van der Waals surface area contributed by atoms with Gasteiger partial charge in [0.05, 0.1) is 15.1 Å². The fraction of sp³-hybridized carbons (Fsp3) is 0.227. The molecule has 2 aromatic rings. The number of nitrogens with one attached hydrogen (secondary N) is 2. The summed E-state index contributed by atoms with van der Waals surface area (Å²) in [7, 11) is 0. The first-order chi connectivity index (χ1) is 14.8. The van der Waals surface area contributed by atoms with E-state index in [1.54, 1.807) is 12.1 Å². The van der Waals surface area contributed by atoms with Gasteiger partial charge in [-0.05, 0) is 84.3 Å². The lowest BCUT2D eigenvalue weighted by Gasteiger charge is -2.15. The van der Waals surface area contributed by atoms with Crippen molar-refractivity contribution in [3.05, 3.63) is 55.5 Å². The zero-order valence-electron chi connectivity index (χ0n) is 17.2. The number of carbonyl (C=O) groups is 2. The molecule has 0 aromatic heterocycles. The minimum atomic E-state index is -0.259. The lowest BCUT2D eigenvalue weighted by Crippen LogP contribution is -2.21. The van der Waals surface area contributed by atoms with Gasteiger partial charge in [0, 0.05) is 5.69 Å². The highest BCUT2D eigenvalue weighted by molar-refractivity contribution is 14.1. The van der Waals surface area contributed by atoms with E-state index in [1.807, 2.05) is 45.0 Å². The van der Waals surface area contributed by atoms with Gasteiger partial charge in [-0.1, -0.05) is 36.1 Å². The van der Waals surface area contributed by atoms with Crippen molar-refractivity contribution in [3.63, 3.8) is 0 Å². The van der Waals surface area contributed by atoms with Crippen LogP contribution < -0.4 is 20.1 Å². The smallest absolute Gasteiger partial charge is 0.263 e. The molecule has 1 fully saturated rings. The number of hydrogen-bond donors (Lipinski definition) is 2. The molecule has 6 nitrogen and oxygen atoms in total. The van der Waals surface area contributed by atoms with Gasteiger partial charge in [-0.2, -0.15) is 0 Å². The summed E-state index contributed by atoms with van der Waals surface area (Å²) in [6.45, 7) is 6.10. The van der Waals surface area contributed by atoms with Crippen LogP contribution >= 0.6 is 46.6 Å². The standard InChI is InChI=1S/C22H21IN2O4S2/c1-4-28-17-9-14(10-18-21(27)25-22(30)31-18)8-15(23)20(17)29-11-19(26)24-16-7-5-6-12(2)13(16)3/h5-10H,4,11H2,1-3H3,(H,24,26)(H,25,27,30)/b18-10-. The fourth-order valence-corrected chi connectivity index (χ4v) is 4.68. The maximum Gasteiger partial charge on any atom is 0.263 e. The van der Waals surface area contributed by atoms with E-state index >= 15 is 0 Å². The molecule has 2 N–H and O–H groups in total. The largest absolute Gasteiger partial charge is 0.490 e. The van der Waals surface area contributed by atoms with Crippen molar-refractivity contribution in [1.29, 1.82) is 0 Å². The van der Waals surface area contributed by atoms with E-state index in [4.69, 9.17) is 21.7 Å². The second kappa shape index (κ2) is 10.5. The van der Waals surface area contributed by atoms with Crippen molar-refractivity contribution >= 4 is 74.5 Å². The molecule has 0 bridgehead atoms. The molecular weight excluding hydrogens is 547 g/mol. The second-order valence-electron chi connectivity index (χ2n) is 6.70. The van der Waals surface area contributed by atoms with Crippen LogP contribution in [0.15, 0.2) is 35.2 Å². The summed E-state index contributed by atoms with van der Waals surface area (Å²) in [5, 5.41) is 5.48. The van der Waals surface area contributed by atoms with Gasteiger partial charge >= 0.3 is 0 Å². The van der Waals surface area contributed by atoms with Crippen LogP contribution in [0.2, 0.25) is 0 Å². The predicted octanol–water partition coefficient (Wildman–Crippen LogP) is 4.81. The van der Waals surface area contributed by atoms with Crippen molar-refractivity contribution in [3.8, 4) is 11.5 Å². The number of benzene rings is 2. The number of anilines is 1. The molecule has 1 heterocycles. The van der Waals surface area contributed by atoms with Gasteiger partial charge in [-0.25, -0.2) is 0 Å². The van der Waals surface area contributed by atoms with Crippen LogP contribution in [0.4, 0.5) is 5.69 Å². The summed E-state index contributed by atoms with van der Waals surface area (Å²) >= 11 is 8.38. The molecule has 162 valence electrons. The first kappa shape index (κ1) is 23.6. The lowest BCUT2D eigenvalue weighted by molar-refractivity contribution is -0.118. The number of thioether (sulfide) groups is 1. The third-order valence-corrected chi connectivity index (χ3v) is 6.46.